The van der Waals surface area contributed by atoms with Crippen LogP contribution < -0.4 is 0 Å². The van der Waals surface area contributed by atoms with Crippen LogP contribution in [0.4, 0.5) is 0 Å². The minimum Gasteiger partial charge on any atom is -0.481 e. The first-order chi connectivity index (χ1) is 9.13. The highest BCUT2D eigenvalue weighted by molar-refractivity contribution is 9.10. The summed E-state index contributed by atoms with van der Waals surface area (Å²) in [7, 11) is 0. The van der Waals surface area contributed by atoms with E-state index in [-0.39, 0.29) is 12.5 Å². The predicted molar refractivity (Wildman–Crippen MR) is 72.5 cm³/mol. The highest BCUT2D eigenvalue weighted by Gasteiger charge is 2.20. The smallest absolute Gasteiger partial charge is 0.305 e. The Balaban J connectivity index is 2.42. The molecule has 0 aliphatic rings. The van der Waals surface area contributed by atoms with E-state index in [0.717, 1.165) is 10.0 Å². The number of rotatable bonds is 5. The van der Waals surface area contributed by atoms with E-state index in [9.17, 15) is 4.79 Å². The highest BCUT2D eigenvalue weighted by Crippen LogP contribution is 2.28. The lowest BCUT2D eigenvalue weighted by atomic mass is 10.1. The fraction of sp³-hybridized carbons (Fsp3) is 0.333. The Kier molecular flexibility index (Phi) is 4.26. The van der Waals surface area contributed by atoms with Crippen molar-refractivity contribution in [1.29, 1.82) is 0 Å². The van der Waals surface area contributed by atoms with Gasteiger partial charge in [0.1, 0.15) is 0 Å². The molecular weight excluding hydrogens is 312 g/mol. The predicted octanol–water partition coefficient (Wildman–Crippen LogP) is 2.53. The first-order valence-corrected chi connectivity index (χ1v) is 6.67. The van der Waals surface area contributed by atoms with Gasteiger partial charge in [-0.15, -0.1) is 5.10 Å². The van der Waals surface area contributed by atoms with Crippen LogP contribution in [-0.4, -0.2) is 31.3 Å². The normalized spacial score (nSPS) is 12.3. The Morgan fingerprint density at radius 1 is 1.47 bits per heavy atom. The summed E-state index contributed by atoms with van der Waals surface area (Å²) in [5.74, 6) is -0.291. The monoisotopic (exact) mass is 324 g/mol. The Hall–Kier alpha value is -1.76. The summed E-state index contributed by atoms with van der Waals surface area (Å²) in [6.45, 7) is 1.92. The van der Waals surface area contributed by atoms with Gasteiger partial charge in [-0.25, -0.2) is 4.68 Å². The summed E-state index contributed by atoms with van der Waals surface area (Å²) < 4.78 is 2.45. The molecule has 0 radical (unpaired) electrons. The molecule has 0 saturated heterocycles. The van der Waals surface area contributed by atoms with Crippen molar-refractivity contribution in [3.63, 3.8) is 0 Å². The Bertz CT molecular complexity index is 585. The molecule has 0 saturated carbocycles. The van der Waals surface area contributed by atoms with Gasteiger partial charge in [0.15, 0.2) is 5.82 Å². The minimum absolute atomic E-state index is 0.000999. The van der Waals surface area contributed by atoms with Crippen molar-refractivity contribution in [2.24, 2.45) is 0 Å². The molecule has 0 aliphatic carbocycles. The number of benzene rings is 1. The van der Waals surface area contributed by atoms with Crippen LogP contribution in [0.25, 0.3) is 11.4 Å². The standard InChI is InChI=1S/C12H13BrN4O2/c1-2-8(7-11(18)19)17-12(14-15-16-17)9-5-3-4-6-10(9)13/h3-6,8H,2,7H2,1H3,(H,18,19). The molecule has 0 fully saturated rings. The summed E-state index contributed by atoms with van der Waals surface area (Å²) in [6.07, 6.45) is 0.647. The molecule has 19 heavy (non-hydrogen) atoms. The van der Waals surface area contributed by atoms with Crippen molar-refractivity contribution in [2.45, 2.75) is 25.8 Å². The number of hydrogen-bond acceptors (Lipinski definition) is 4. The molecule has 1 aromatic heterocycles. The number of halogens is 1. The first kappa shape index (κ1) is 13.7. The van der Waals surface area contributed by atoms with Crippen molar-refractivity contribution in [1.82, 2.24) is 20.2 Å². The van der Waals surface area contributed by atoms with E-state index in [1.807, 2.05) is 31.2 Å². The van der Waals surface area contributed by atoms with Crippen molar-refractivity contribution in [2.75, 3.05) is 0 Å². The average molecular weight is 325 g/mol. The molecule has 0 bridgehead atoms. The zero-order valence-electron chi connectivity index (χ0n) is 10.3. The molecule has 1 N–H and O–H groups in total. The van der Waals surface area contributed by atoms with E-state index in [2.05, 4.69) is 31.5 Å². The maximum Gasteiger partial charge on any atom is 0.305 e. The van der Waals surface area contributed by atoms with Crippen LogP contribution in [0.1, 0.15) is 25.8 Å². The van der Waals surface area contributed by atoms with Gasteiger partial charge in [0.2, 0.25) is 0 Å². The number of carbonyl (C=O) groups is 1. The molecule has 1 aromatic carbocycles. The number of carboxylic acids is 1. The van der Waals surface area contributed by atoms with Crippen LogP contribution >= 0.6 is 15.9 Å². The van der Waals surface area contributed by atoms with Crippen LogP contribution in [-0.2, 0) is 4.79 Å². The van der Waals surface area contributed by atoms with Crippen LogP contribution in [0.3, 0.4) is 0 Å². The molecule has 1 heterocycles. The topological polar surface area (TPSA) is 80.9 Å². The molecule has 2 aromatic rings. The zero-order chi connectivity index (χ0) is 13.8. The molecule has 0 spiro atoms. The van der Waals surface area contributed by atoms with Gasteiger partial charge in [-0.1, -0.05) is 35.0 Å². The second-order valence-electron chi connectivity index (χ2n) is 4.09. The number of hydrogen-bond donors (Lipinski definition) is 1. The van der Waals surface area contributed by atoms with E-state index in [1.54, 1.807) is 4.68 Å². The third kappa shape index (κ3) is 2.98. The molecular formula is C12H13BrN4O2. The Morgan fingerprint density at radius 2 is 2.21 bits per heavy atom. The average Bonchev–Trinajstić information content (AvgIpc) is 2.85. The second-order valence-corrected chi connectivity index (χ2v) is 4.94. The van der Waals surface area contributed by atoms with E-state index in [0.29, 0.717) is 12.2 Å². The number of aromatic nitrogens is 4. The molecule has 6 nitrogen and oxygen atoms in total. The number of nitrogens with zero attached hydrogens (tertiary/aromatic N) is 4. The van der Waals surface area contributed by atoms with E-state index in [1.165, 1.54) is 0 Å². The molecule has 2 rings (SSSR count). The Morgan fingerprint density at radius 3 is 2.84 bits per heavy atom. The summed E-state index contributed by atoms with van der Waals surface area (Å²) >= 11 is 3.45. The number of tetrazole rings is 1. The van der Waals surface area contributed by atoms with Crippen LogP contribution in [0.5, 0.6) is 0 Å². The van der Waals surface area contributed by atoms with Crippen molar-refractivity contribution < 1.29 is 9.90 Å². The SMILES string of the molecule is CCC(CC(=O)O)n1nnnc1-c1ccccc1Br. The van der Waals surface area contributed by atoms with Crippen molar-refractivity contribution >= 4 is 21.9 Å². The molecule has 0 amide bonds. The molecule has 0 aliphatic heterocycles. The van der Waals surface area contributed by atoms with E-state index < -0.39 is 5.97 Å². The van der Waals surface area contributed by atoms with Crippen LogP contribution in [0.2, 0.25) is 0 Å². The van der Waals surface area contributed by atoms with Gasteiger partial charge in [0.05, 0.1) is 12.5 Å². The lowest BCUT2D eigenvalue weighted by molar-refractivity contribution is -0.138. The van der Waals surface area contributed by atoms with Crippen molar-refractivity contribution in [3.8, 4) is 11.4 Å². The lowest BCUT2D eigenvalue weighted by Crippen LogP contribution is -2.15. The maximum atomic E-state index is 10.9. The third-order valence-corrected chi connectivity index (χ3v) is 3.53. The van der Waals surface area contributed by atoms with Gasteiger partial charge < -0.3 is 5.11 Å². The molecule has 100 valence electrons. The zero-order valence-corrected chi connectivity index (χ0v) is 11.9. The number of carboxylic acid groups (broad SMARTS) is 1. The molecule has 1 unspecified atom stereocenters. The van der Waals surface area contributed by atoms with Gasteiger partial charge >= 0.3 is 5.97 Å². The second kappa shape index (κ2) is 5.92. The maximum absolute atomic E-state index is 10.9. The molecule has 1 atom stereocenters. The summed E-state index contributed by atoms with van der Waals surface area (Å²) in [4.78, 5) is 10.9. The highest BCUT2D eigenvalue weighted by atomic mass is 79.9. The minimum atomic E-state index is -0.861. The van der Waals surface area contributed by atoms with Crippen LogP contribution in [0.15, 0.2) is 28.7 Å². The quantitative estimate of drug-likeness (QED) is 0.913. The van der Waals surface area contributed by atoms with E-state index >= 15 is 0 Å². The van der Waals surface area contributed by atoms with Gasteiger partial charge in [-0.05, 0) is 29.0 Å². The fourth-order valence-corrected chi connectivity index (χ4v) is 2.33. The fourth-order valence-electron chi connectivity index (χ4n) is 1.86. The molecule has 7 heteroatoms. The number of aliphatic carboxylic acids is 1. The van der Waals surface area contributed by atoms with Gasteiger partial charge in [0.25, 0.3) is 0 Å². The van der Waals surface area contributed by atoms with Crippen molar-refractivity contribution in [3.05, 3.63) is 28.7 Å². The lowest BCUT2D eigenvalue weighted by Gasteiger charge is -2.14. The van der Waals surface area contributed by atoms with Gasteiger partial charge in [0, 0.05) is 10.0 Å². The Labute approximate surface area is 118 Å². The van der Waals surface area contributed by atoms with Crippen LogP contribution in [0, 0.1) is 0 Å². The summed E-state index contributed by atoms with van der Waals surface area (Å²) in [6, 6.07) is 7.31. The van der Waals surface area contributed by atoms with Gasteiger partial charge in [-0.3, -0.25) is 4.79 Å². The summed E-state index contributed by atoms with van der Waals surface area (Å²) in [5.41, 5.74) is 0.844. The largest absolute Gasteiger partial charge is 0.481 e. The summed E-state index contributed by atoms with van der Waals surface area (Å²) in [5, 5.41) is 20.5. The van der Waals surface area contributed by atoms with E-state index in [4.69, 9.17) is 5.11 Å². The first-order valence-electron chi connectivity index (χ1n) is 5.88. The third-order valence-electron chi connectivity index (χ3n) is 2.83. The van der Waals surface area contributed by atoms with Gasteiger partial charge in [-0.2, -0.15) is 0 Å².